The molecule has 3 N–H and O–H groups in total. The number of halogens is 1. The molecule has 0 fully saturated rings. The van der Waals surface area contributed by atoms with Crippen molar-refractivity contribution < 1.29 is 4.79 Å². The normalized spacial score (nSPS) is 11.8. The molecule has 0 aliphatic rings. The lowest BCUT2D eigenvalue weighted by Gasteiger charge is -2.15. The minimum absolute atomic E-state index is 0. The van der Waals surface area contributed by atoms with Gasteiger partial charge in [-0.2, -0.15) is 0 Å². The maximum atomic E-state index is 12.3. The molecule has 2 rings (SSSR count). The number of benzene rings is 2. The van der Waals surface area contributed by atoms with E-state index < -0.39 is 0 Å². The van der Waals surface area contributed by atoms with Gasteiger partial charge in [0.2, 0.25) is 0 Å². The third kappa shape index (κ3) is 5.08. The second-order valence-corrected chi connectivity index (χ2v) is 6.46. The Morgan fingerprint density at radius 2 is 1.62 bits per heavy atom. The van der Waals surface area contributed by atoms with E-state index in [1.165, 1.54) is 5.56 Å². The van der Waals surface area contributed by atoms with Gasteiger partial charge in [0, 0.05) is 18.2 Å². The maximum Gasteiger partial charge on any atom is 0.251 e. The summed E-state index contributed by atoms with van der Waals surface area (Å²) in [7, 11) is 0. The van der Waals surface area contributed by atoms with Crippen LogP contribution < -0.4 is 11.1 Å². The zero-order valence-corrected chi connectivity index (χ0v) is 15.6. The lowest BCUT2D eigenvalue weighted by atomic mass is 9.99. The molecule has 1 atom stereocenters. The average molecular weight is 347 g/mol. The van der Waals surface area contributed by atoms with Crippen LogP contribution in [-0.4, -0.2) is 12.5 Å². The van der Waals surface area contributed by atoms with Crippen LogP contribution in [0.25, 0.3) is 0 Å². The van der Waals surface area contributed by atoms with E-state index in [4.69, 9.17) is 5.73 Å². The molecule has 2 aromatic carbocycles. The quantitative estimate of drug-likeness (QED) is 0.849. The van der Waals surface area contributed by atoms with Crippen LogP contribution in [0.5, 0.6) is 0 Å². The Labute approximate surface area is 151 Å². The number of nitrogens with two attached hydrogens (primary N) is 1. The highest BCUT2D eigenvalue weighted by molar-refractivity contribution is 5.95. The van der Waals surface area contributed by atoms with Gasteiger partial charge in [0.05, 0.1) is 0 Å². The number of carbonyl (C=O) groups excluding carboxylic acids is 1. The molecule has 0 aliphatic carbocycles. The molecule has 1 amide bonds. The van der Waals surface area contributed by atoms with Crippen LogP contribution >= 0.6 is 12.4 Å². The number of hydrogen-bond acceptors (Lipinski definition) is 2. The number of aryl methyl sites for hydroxylation is 2. The monoisotopic (exact) mass is 346 g/mol. The predicted molar refractivity (Wildman–Crippen MR) is 103 cm³/mol. The van der Waals surface area contributed by atoms with Crippen molar-refractivity contribution in [1.29, 1.82) is 0 Å². The van der Waals surface area contributed by atoms with Crippen molar-refractivity contribution in [1.82, 2.24) is 5.32 Å². The van der Waals surface area contributed by atoms with Crippen molar-refractivity contribution in [2.24, 2.45) is 5.73 Å². The Balaban J connectivity index is 0.00000288. The first-order valence-electron chi connectivity index (χ1n) is 8.09. The molecule has 24 heavy (non-hydrogen) atoms. The van der Waals surface area contributed by atoms with Gasteiger partial charge in [-0.1, -0.05) is 55.8 Å². The van der Waals surface area contributed by atoms with Gasteiger partial charge < -0.3 is 11.1 Å². The van der Waals surface area contributed by atoms with E-state index in [0.717, 1.165) is 16.7 Å². The third-order valence-electron chi connectivity index (χ3n) is 4.14. The van der Waals surface area contributed by atoms with Crippen molar-refractivity contribution in [3.8, 4) is 0 Å². The predicted octanol–water partition coefficient (Wildman–Crippen LogP) is 4.28. The Hall–Kier alpha value is -1.84. The first kappa shape index (κ1) is 20.2. The fourth-order valence-electron chi connectivity index (χ4n) is 2.61. The summed E-state index contributed by atoms with van der Waals surface area (Å²) in [5.74, 6) is 0.432. The van der Waals surface area contributed by atoms with Crippen molar-refractivity contribution in [2.45, 2.75) is 39.7 Å². The summed E-state index contributed by atoms with van der Waals surface area (Å²) in [6, 6.07) is 13.9. The number of rotatable bonds is 5. The second-order valence-electron chi connectivity index (χ2n) is 6.46. The Morgan fingerprint density at radius 3 is 2.17 bits per heavy atom. The van der Waals surface area contributed by atoms with Crippen LogP contribution in [0.1, 0.15) is 58.4 Å². The van der Waals surface area contributed by atoms with E-state index in [2.05, 4.69) is 31.3 Å². The van der Waals surface area contributed by atoms with Gasteiger partial charge in [-0.25, -0.2) is 0 Å². The first-order chi connectivity index (χ1) is 10.9. The molecule has 0 heterocycles. The fourth-order valence-corrected chi connectivity index (χ4v) is 2.61. The summed E-state index contributed by atoms with van der Waals surface area (Å²) in [6.07, 6.45) is 0. The molecule has 0 spiro atoms. The molecule has 0 radical (unpaired) electrons. The van der Waals surface area contributed by atoms with Crippen LogP contribution in [-0.2, 0) is 0 Å². The van der Waals surface area contributed by atoms with Gasteiger partial charge in [-0.05, 0) is 42.5 Å². The minimum atomic E-state index is -0.203. The lowest BCUT2D eigenvalue weighted by Crippen LogP contribution is -2.32. The Kier molecular flexibility index (Phi) is 7.46. The molecule has 0 saturated carbocycles. The van der Waals surface area contributed by atoms with Crippen molar-refractivity contribution in [3.05, 3.63) is 70.3 Å². The fraction of sp³-hybridized carbons (Fsp3) is 0.350. The highest BCUT2D eigenvalue weighted by Gasteiger charge is 2.12. The highest BCUT2D eigenvalue weighted by Crippen LogP contribution is 2.17. The Bertz CT molecular complexity index is 681. The summed E-state index contributed by atoms with van der Waals surface area (Å²) in [5, 5.41) is 2.93. The summed E-state index contributed by atoms with van der Waals surface area (Å²) in [6.45, 7) is 8.73. The largest absolute Gasteiger partial charge is 0.350 e. The molecular weight excluding hydrogens is 320 g/mol. The lowest BCUT2D eigenvalue weighted by molar-refractivity contribution is 0.0950. The van der Waals surface area contributed by atoms with Crippen LogP contribution in [0.4, 0.5) is 0 Å². The van der Waals surface area contributed by atoms with Gasteiger partial charge in [-0.3, -0.25) is 4.79 Å². The van der Waals surface area contributed by atoms with Crippen LogP contribution in [0, 0.1) is 13.8 Å². The van der Waals surface area contributed by atoms with Gasteiger partial charge in [0.15, 0.2) is 0 Å². The Morgan fingerprint density at radius 1 is 1.04 bits per heavy atom. The third-order valence-corrected chi connectivity index (χ3v) is 4.14. The summed E-state index contributed by atoms with van der Waals surface area (Å²) in [4.78, 5) is 12.3. The zero-order chi connectivity index (χ0) is 17.0. The van der Waals surface area contributed by atoms with Crippen molar-refractivity contribution in [3.63, 3.8) is 0 Å². The van der Waals surface area contributed by atoms with E-state index in [-0.39, 0.29) is 24.4 Å². The molecule has 1 unspecified atom stereocenters. The molecular formula is C20H27ClN2O. The smallest absolute Gasteiger partial charge is 0.251 e. The van der Waals surface area contributed by atoms with E-state index in [9.17, 15) is 4.79 Å². The number of hydrogen-bond donors (Lipinski definition) is 2. The number of nitrogens with one attached hydrogen (secondary N) is 1. The van der Waals surface area contributed by atoms with Gasteiger partial charge in [0.1, 0.15) is 0 Å². The van der Waals surface area contributed by atoms with Crippen LogP contribution in [0.2, 0.25) is 0 Å². The number of carbonyl (C=O) groups is 1. The second kappa shape index (κ2) is 8.86. The van der Waals surface area contributed by atoms with Gasteiger partial charge in [-0.15, -0.1) is 12.4 Å². The topological polar surface area (TPSA) is 55.1 Å². The van der Waals surface area contributed by atoms with Gasteiger partial charge >= 0.3 is 0 Å². The molecule has 3 nitrogen and oxygen atoms in total. The molecule has 0 bridgehead atoms. The molecule has 130 valence electrons. The standard InChI is InChI=1S/C20H26N2O.ClH/c1-13(2)16-6-8-17(9-7-16)19(21)12-22-20(23)18-10-5-14(3)11-15(18)4;/h5-11,13,19H,12,21H2,1-4H3,(H,22,23);1H. The molecule has 0 aliphatic heterocycles. The maximum absolute atomic E-state index is 12.3. The molecule has 4 heteroatoms. The van der Waals surface area contributed by atoms with E-state index in [1.807, 2.05) is 44.2 Å². The van der Waals surface area contributed by atoms with Crippen LogP contribution in [0.3, 0.4) is 0 Å². The van der Waals surface area contributed by atoms with Gasteiger partial charge in [0.25, 0.3) is 5.91 Å². The minimum Gasteiger partial charge on any atom is -0.350 e. The highest BCUT2D eigenvalue weighted by atomic mass is 35.5. The summed E-state index contributed by atoms with van der Waals surface area (Å²) < 4.78 is 0. The van der Waals surface area contributed by atoms with Crippen molar-refractivity contribution >= 4 is 18.3 Å². The van der Waals surface area contributed by atoms with Crippen LogP contribution in [0.15, 0.2) is 42.5 Å². The summed E-state index contributed by atoms with van der Waals surface area (Å²) in [5.41, 5.74) is 11.4. The zero-order valence-electron chi connectivity index (χ0n) is 14.8. The van der Waals surface area contributed by atoms with Crippen molar-refractivity contribution in [2.75, 3.05) is 6.54 Å². The molecule has 0 aromatic heterocycles. The summed E-state index contributed by atoms with van der Waals surface area (Å²) >= 11 is 0. The first-order valence-corrected chi connectivity index (χ1v) is 8.09. The SMILES string of the molecule is Cc1ccc(C(=O)NCC(N)c2ccc(C(C)C)cc2)c(C)c1.Cl. The molecule has 0 saturated heterocycles. The average Bonchev–Trinajstić information content (AvgIpc) is 2.52. The van der Waals surface area contributed by atoms with E-state index in [0.29, 0.717) is 18.0 Å². The van der Waals surface area contributed by atoms with E-state index in [1.54, 1.807) is 0 Å². The van der Waals surface area contributed by atoms with E-state index >= 15 is 0 Å². The number of amides is 1. The molecule has 2 aromatic rings.